The number of nitrogens with two attached hydrogens (primary N) is 1. The lowest BCUT2D eigenvalue weighted by molar-refractivity contribution is 0.0946. The van der Waals surface area contributed by atoms with Gasteiger partial charge in [0.05, 0.1) is 16.9 Å². The molecule has 0 fully saturated rings. The van der Waals surface area contributed by atoms with Gasteiger partial charge in [0.1, 0.15) is 30.5 Å². The number of hydrogen-bond acceptors (Lipinski definition) is 7. The standard InChI is InChI=1S/C25H23F2N3O4S.CH4/c1-14-6-17(33-11-15-2-3-20(26)21(27)8-15)9-18(7-14)34-12-16-13-35-23-19(25(32)29-4-5-31)10-30-24(28)22(16)23;/h2-3,6-10,13,31H,4-5,11-12H2,1H3,(H2,28,30)(H,29,32);1H4. The van der Waals surface area contributed by atoms with E-state index in [-0.39, 0.29) is 39.7 Å². The van der Waals surface area contributed by atoms with Gasteiger partial charge in [0.2, 0.25) is 0 Å². The number of amides is 1. The van der Waals surface area contributed by atoms with Crippen molar-refractivity contribution in [2.24, 2.45) is 0 Å². The first-order valence-electron chi connectivity index (χ1n) is 10.7. The number of thiophene rings is 1. The second kappa shape index (κ2) is 11.8. The van der Waals surface area contributed by atoms with E-state index in [1.807, 2.05) is 24.4 Å². The zero-order valence-electron chi connectivity index (χ0n) is 18.8. The number of aryl methyl sites for hydroxylation is 1. The minimum absolute atomic E-state index is 0. The summed E-state index contributed by atoms with van der Waals surface area (Å²) in [7, 11) is 0. The van der Waals surface area contributed by atoms with Crippen LogP contribution in [-0.4, -0.2) is 29.1 Å². The molecular weight excluding hydrogens is 488 g/mol. The van der Waals surface area contributed by atoms with Crippen LogP contribution in [0, 0.1) is 18.6 Å². The fourth-order valence-electron chi connectivity index (χ4n) is 3.50. The van der Waals surface area contributed by atoms with E-state index in [0.29, 0.717) is 38.5 Å². The molecule has 2 aromatic carbocycles. The third kappa shape index (κ3) is 6.07. The highest BCUT2D eigenvalue weighted by molar-refractivity contribution is 7.17. The number of ether oxygens (including phenoxy) is 2. The number of carbonyl (C=O) groups excluding carboxylic acids is 1. The van der Waals surface area contributed by atoms with Gasteiger partial charge in [0, 0.05) is 29.8 Å². The highest BCUT2D eigenvalue weighted by Gasteiger charge is 2.17. The van der Waals surface area contributed by atoms with Gasteiger partial charge in [-0.1, -0.05) is 13.5 Å². The Bertz CT molecular complexity index is 1380. The number of carbonyl (C=O) groups is 1. The minimum Gasteiger partial charge on any atom is -0.489 e. The van der Waals surface area contributed by atoms with Gasteiger partial charge in [-0.3, -0.25) is 4.79 Å². The molecule has 0 bridgehead atoms. The molecule has 0 spiro atoms. The maximum Gasteiger partial charge on any atom is 0.254 e. The number of nitrogens with zero attached hydrogens (tertiary/aromatic N) is 1. The van der Waals surface area contributed by atoms with E-state index < -0.39 is 11.6 Å². The highest BCUT2D eigenvalue weighted by atomic mass is 32.1. The van der Waals surface area contributed by atoms with Crippen molar-refractivity contribution in [2.45, 2.75) is 27.6 Å². The number of aliphatic hydroxyl groups is 1. The van der Waals surface area contributed by atoms with Gasteiger partial charge >= 0.3 is 0 Å². The molecule has 4 N–H and O–H groups in total. The van der Waals surface area contributed by atoms with E-state index in [0.717, 1.165) is 23.3 Å². The van der Waals surface area contributed by atoms with Crippen molar-refractivity contribution in [3.8, 4) is 11.5 Å². The van der Waals surface area contributed by atoms with Crippen LogP contribution >= 0.6 is 11.3 Å². The molecule has 4 rings (SSSR count). The SMILES string of the molecule is C.Cc1cc(OCc2ccc(F)c(F)c2)cc(OCc2csc3c(C(=O)NCCO)cnc(N)c23)c1. The average molecular weight is 516 g/mol. The predicted molar refractivity (Wildman–Crippen MR) is 136 cm³/mol. The van der Waals surface area contributed by atoms with E-state index in [2.05, 4.69) is 10.3 Å². The Hall–Kier alpha value is -3.76. The Balaban J connectivity index is 0.00000361. The molecule has 0 saturated heterocycles. The van der Waals surface area contributed by atoms with E-state index in [1.54, 1.807) is 6.07 Å². The van der Waals surface area contributed by atoms with Crippen molar-refractivity contribution in [2.75, 3.05) is 18.9 Å². The summed E-state index contributed by atoms with van der Waals surface area (Å²) in [6, 6.07) is 8.98. The maximum atomic E-state index is 13.4. The molecule has 10 heteroatoms. The molecule has 2 heterocycles. The lowest BCUT2D eigenvalue weighted by Gasteiger charge is -2.12. The zero-order valence-corrected chi connectivity index (χ0v) is 19.6. The summed E-state index contributed by atoms with van der Waals surface area (Å²) in [4.78, 5) is 16.6. The lowest BCUT2D eigenvalue weighted by Crippen LogP contribution is -2.26. The first kappa shape index (κ1) is 26.8. The molecule has 190 valence electrons. The predicted octanol–water partition coefficient (Wildman–Crippen LogP) is 4.98. The number of nitrogens with one attached hydrogen (secondary N) is 1. The molecule has 0 aliphatic heterocycles. The van der Waals surface area contributed by atoms with Gasteiger partial charge in [-0.25, -0.2) is 13.8 Å². The van der Waals surface area contributed by atoms with Gasteiger partial charge < -0.3 is 25.6 Å². The van der Waals surface area contributed by atoms with Crippen LogP contribution in [-0.2, 0) is 13.2 Å². The Morgan fingerprint density at radius 3 is 2.53 bits per heavy atom. The quantitative estimate of drug-likeness (QED) is 0.290. The molecule has 0 atom stereocenters. The third-order valence-corrected chi connectivity index (χ3v) is 6.21. The first-order chi connectivity index (χ1) is 16.9. The van der Waals surface area contributed by atoms with E-state index in [4.69, 9.17) is 20.3 Å². The molecule has 0 aliphatic rings. The van der Waals surface area contributed by atoms with E-state index >= 15 is 0 Å². The topological polar surface area (TPSA) is 107 Å². The zero-order chi connectivity index (χ0) is 24.9. The second-order valence-corrected chi connectivity index (χ2v) is 8.69. The maximum absolute atomic E-state index is 13.4. The lowest BCUT2D eigenvalue weighted by atomic mass is 10.1. The van der Waals surface area contributed by atoms with Crippen LogP contribution in [0.4, 0.5) is 14.6 Å². The Labute approximate surface area is 211 Å². The molecular formula is C26H27F2N3O4S. The largest absolute Gasteiger partial charge is 0.489 e. The van der Waals surface area contributed by atoms with Crippen LogP contribution in [0.5, 0.6) is 11.5 Å². The molecule has 0 aliphatic carbocycles. The van der Waals surface area contributed by atoms with Crippen molar-refractivity contribution >= 4 is 33.1 Å². The summed E-state index contributed by atoms with van der Waals surface area (Å²) in [5.74, 6) is -0.817. The summed E-state index contributed by atoms with van der Waals surface area (Å²) >= 11 is 1.36. The van der Waals surface area contributed by atoms with Crippen molar-refractivity contribution in [3.63, 3.8) is 0 Å². The normalized spacial score (nSPS) is 10.7. The number of anilines is 1. The number of aliphatic hydroxyl groups excluding tert-OH is 1. The highest BCUT2D eigenvalue weighted by Crippen LogP contribution is 2.33. The summed E-state index contributed by atoms with van der Waals surface area (Å²) in [5, 5.41) is 14.1. The number of hydrogen-bond donors (Lipinski definition) is 3. The fourth-order valence-corrected chi connectivity index (χ4v) is 4.57. The van der Waals surface area contributed by atoms with E-state index in [9.17, 15) is 13.6 Å². The average Bonchev–Trinajstić information content (AvgIpc) is 3.27. The number of fused-ring (bicyclic) bond motifs is 1. The number of pyridine rings is 1. The van der Waals surface area contributed by atoms with Crippen LogP contribution in [0.2, 0.25) is 0 Å². The summed E-state index contributed by atoms with van der Waals surface area (Å²) in [5.41, 5.74) is 8.64. The molecule has 4 aromatic rings. The molecule has 7 nitrogen and oxygen atoms in total. The Kier molecular flexibility index (Phi) is 8.78. The molecule has 0 radical (unpaired) electrons. The Morgan fingerprint density at radius 1 is 1.11 bits per heavy atom. The van der Waals surface area contributed by atoms with Crippen LogP contribution in [0.1, 0.15) is 34.5 Å². The first-order valence-corrected chi connectivity index (χ1v) is 11.6. The molecule has 36 heavy (non-hydrogen) atoms. The monoisotopic (exact) mass is 515 g/mol. The smallest absolute Gasteiger partial charge is 0.254 e. The number of halogens is 2. The number of aromatic nitrogens is 1. The van der Waals surface area contributed by atoms with Gasteiger partial charge in [0.15, 0.2) is 11.6 Å². The van der Waals surface area contributed by atoms with Crippen LogP contribution in [0.3, 0.4) is 0 Å². The van der Waals surface area contributed by atoms with Gasteiger partial charge in [-0.15, -0.1) is 11.3 Å². The minimum atomic E-state index is -0.926. The van der Waals surface area contributed by atoms with Crippen LogP contribution in [0.15, 0.2) is 48.0 Å². The van der Waals surface area contributed by atoms with Crippen molar-refractivity contribution in [3.05, 3.63) is 81.9 Å². The van der Waals surface area contributed by atoms with Gasteiger partial charge in [-0.05, 0) is 47.7 Å². The van der Waals surface area contributed by atoms with Gasteiger partial charge in [0.25, 0.3) is 5.91 Å². The van der Waals surface area contributed by atoms with Crippen molar-refractivity contribution < 1.29 is 28.2 Å². The summed E-state index contributed by atoms with van der Waals surface area (Å²) < 4.78 is 39.0. The fraction of sp³-hybridized carbons (Fsp3) is 0.231. The number of nitrogen functional groups attached to an aromatic ring is 1. The van der Waals surface area contributed by atoms with E-state index in [1.165, 1.54) is 23.6 Å². The number of rotatable bonds is 9. The van der Waals surface area contributed by atoms with Gasteiger partial charge in [-0.2, -0.15) is 0 Å². The molecule has 2 aromatic heterocycles. The third-order valence-electron chi connectivity index (χ3n) is 5.15. The molecule has 1 amide bonds. The Morgan fingerprint density at radius 2 is 1.83 bits per heavy atom. The second-order valence-electron chi connectivity index (χ2n) is 7.81. The number of benzene rings is 2. The molecule has 0 unspecified atom stereocenters. The van der Waals surface area contributed by atoms with Crippen molar-refractivity contribution in [1.29, 1.82) is 0 Å². The molecule has 0 saturated carbocycles. The summed E-state index contributed by atoms with van der Waals surface area (Å²) in [6.07, 6.45) is 1.42. The van der Waals surface area contributed by atoms with Crippen LogP contribution in [0.25, 0.3) is 10.1 Å². The summed E-state index contributed by atoms with van der Waals surface area (Å²) in [6.45, 7) is 2.11. The van der Waals surface area contributed by atoms with Crippen LogP contribution < -0.4 is 20.5 Å². The van der Waals surface area contributed by atoms with Crippen molar-refractivity contribution in [1.82, 2.24) is 10.3 Å².